The highest BCUT2D eigenvalue weighted by Crippen LogP contribution is 2.36. The van der Waals surface area contributed by atoms with Gasteiger partial charge in [0.1, 0.15) is 11.9 Å². The standard InChI is InChI=1S/C31H45BrClNO7/c1-22(13-14-24(20-33)11-6-5-9-15-32)10-7-8-12-29(35)34-21-31(37)23(2)28(39-4)18-27(41-31)17-26-16-25(38-3)19-30(36)40-26/h7,10,19-20,22-23,26-28,37H,5-6,8,11-14,16-18,21H2,1-4H3,(H,34,35)/b10-7+,24-20-/t22-,23-,26-,27-,28+,31+/m0/s1. The molecular weight excluding hydrogens is 614 g/mol. The number of hydrogen-bond donors (Lipinski definition) is 2. The highest BCUT2D eigenvalue weighted by Gasteiger charge is 2.47. The maximum Gasteiger partial charge on any atom is 0.334 e. The van der Waals surface area contributed by atoms with E-state index in [0.717, 1.165) is 32.1 Å². The number of hydrogen-bond acceptors (Lipinski definition) is 7. The predicted molar refractivity (Wildman–Crippen MR) is 163 cm³/mol. The third-order valence-corrected chi connectivity index (χ3v) is 8.29. The molecule has 0 unspecified atom stereocenters. The maximum atomic E-state index is 12.6. The molecule has 2 aliphatic heterocycles. The number of nitrogens with one attached hydrogen (secondary N) is 1. The van der Waals surface area contributed by atoms with E-state index in [1.165, 1.54) is 18.8 Å². The van der Waals surface area contributed by atoms with Gasteiger partial charge < -0.3 is 29.4 Å². The van der Waals surface area contributed by atoms with Crippen molar-refractivity contribution in [3.05, 3.63) is 35.1 Å². The molecule has 0 saturated carbocycles. The van der Waals surface area contributed by atoms with Crippen molar-refractivity contribution in [1.82, 2.24) is 5.32 Å². The Morgan fingerprint density at radius 1 is 1.34 bits per heavy atom. The van der Waals surface area contributed by atoms with Crippen LogP contribution in [0.15, 0.2) is 35.1 Å². The van der Waals surface area contributed by atoms with Gasteiger partial charge in [-0.15, -0.1) is 0 Å². The van der Waals surface area contributed by atoms with Crippen LogP contribution in [-0.2, 0) is 28.5 Å². The van der Waals surface area contributed by atoms with Gasteiger partial charge in [0.05, 0.1) is 31.9 Å². The Morgan fingerprint density at radius 2 is 2.12 bits per heavy atom. The second-order valence-corrected chi connectivity index (χ2v) is 11.5. The quantitative estimate of drug-likeness (QED) is 0.0926. The molecule has 1 amide bonds. The van der Waals surface area contributed by atoms with Crippen molar-refractivity contribution in [1.29, 1.82) is 0 Å². The molecule has 1 fully saturated rings. The number of allylic oxidation sites excluding steroid dienone is 3. The number of esters is 1. The molecule has 0 aromatic carbocycles. The van der Waals surface area contributed by atoms with E-state index in [1.807, 2.05) is 13.0 Å². The maximum absolute atomic E-state index is 12.6. The molecule has 0 spiro atoms. The second kappa shape index (κ2) is 18.7. The van der Waals surface area contributed by atoms with Crippen LogP contribution in [-0.4, -0.2) is 61.8 Å². The average molecular weight is 659 g/mol. The lowest BCUT2D eigenvalue weighted by molar-refractivity contribution is -0.303. The van der Waals surface area contributed by atoms with Gasteiger partial charge in [0.2, 0.25) is 5.91 Å². The van der Waals surface area contributed by atoms with E-state index < -0.39 is 24.0 Å². The molecule has 2 rings (SSSR count). The lowest BCUT2D eigenvalue weighted by Gasteiger charge is -2.46. The van der Waals surface area contributed by atoms with Gasteiger partial charge in [0.25, 0.3) is 0 Å². The normalized spacial score (nSPS) is 27.4. The van der Waals surface area contributed by atoms with Gasteiger partial charge in [0.15, 0.2) is 5.79 Å². The van der Waals surface area contributed by atoms with E-state index in [-0.39, 0.29) is 24.5 Å². The average Bonchev–Trinajstić information content (AvgIpc) is 2.95. The zero-order chi connectivity index (χ0) is 30.3. The molecule has 41 heavy (non-hydrogen) atoms. The smallest absolute Gasteiger partial charge is 0.334 e. The number of cyclic esters (lactones) is 1. The number of unbranched alkanes of at least 4 members (excludes halogenated alkanes) is 1. The van der Waals surface area contributed by atoms with Gasteiger partial charge in [-0.1, -0.05) is 49.1 Å². The molecule has 230 valence electrons. The van der Waals surface area contributed by atoms with Crippen LogP contribution >= 0.6 is 27.5 Å². The van der Waals surface area contributed by atoms with Crippen molar-refractivity contribution in [2.75, 3.05) is 20.8 Å². The largest absolute Gasteiger partial charge is 0.501 e. The van der Waals surface area contributed by atoms with Crippen LogP contribution in [0.25, 0.3) is 0 Å². The van der Waals surface area contributed by atoms with Crippen molar-refractivity contribution in [2.24, 2.45) is 11.8 Å². The molecule has 0 aromatic heterocycles. The number of rotatable bonds is 16. The van der Waals surface area contributed by atoms with Gasteiger partial charge >= 0.3 is 5.97 Å². The highest BCUT2D eigenvalue weighted by atomic mass is 79.9. The fourth-order valence-electron chi connectivity index (χ4n) is 5.12. The van der Waals surface area contributed by atoms with Crippen molar-refractivity contribution >= 4 is 39.4 Å². The van der Waals surface area contributed by atoms with E-state index >= 15 is 0 Å². The first kappa shape index (κ1) is 35.4. The summed E-state index contributed by atoms with van der Waals surface area (Å²) in [5.41, 5.74) is 2.91. The SMILES string of the molecule is COC1=CC(=O)O[C@H](C[C@H]2C[C@@H](OC)[C@H](C)[C@@](O)(CNC(=O)CC/C=C/[C@H](C)CC/C(=C\Cl)CCCC#CBr)O2)C1. The Morgan fingerprint density at radius 3 is 2.80 bits per heavy atom. The van der Waals surface area contributed by atoms with Crippen LogP contribution in [0.1, 0.15) is 78.1 Å². The van der Waals surface area contributed by atoms with Crippen LogP contribution in [0.2, 0.25) is 0 Å². The van der Waals surface area contributed by atoms with Crippen molar-refractivity contribution in [2.45, 2.75) is 102 Å². The van der Waals surface area contributed by atoms with E-state index in [0.29, 0.717) is 43.8 Å². The zero-order valence-corrected chi connectivity index (χ0v) is 27.0. The molecule has 6 atom stereocenters. The molecule has 2 N–H and O–H groups in total. The molecular formula is C31H45BrClNO7. The number of carbonyl (C=O) groups is 2. The fourth-order valence-corrected chi connectivity index (χ4v) is 5.53. The van der Waals surface area contributed by atoms with Crippen molar-refractivity contribution in [3.63, 3.8) is 0 Å². The molecule has 1 saturated heterocycles. The number of halogens is 2. The number of amides is 1. The summed E-state index contributed by atoms with van der Waals surface area (Å²) < 4.78 is 22.4. The Kier molecular flexibility index (Phi) is 16.1. The first-order valence-corrected chi connectivity index (χ1v) is 15.5. The van der Waals surface area contributed by atoms with E-state index in [1.54, 1.807) is 12.6 Å². The summed E-state index contributed by atoms with van der Waals surface area (Å²) in [6, 6.07) is 0. The van der Waals surface area contributed by atoms with Crippen LogP contribution < -0.4 is 5.32 Å². The summed E-state index contributed by atoms with van der Waals surface area (Å²) in [6.45, 7) is 3.93. The number of aliphatic hydroxyl groups is 1. The number of carbonyl (C=O) groups excluding carboxylic acids is 2. The zero-order valence-electron chi connectivity index (χ0n) is 24.6. The van der Waals surface area contributed by atoms with Crippen molar-refractivity contribution in [3.8, 4) is 10.8 Å². The van der Waals surface area contributed by atoms with Crippen molar-refractivity contribution < 1.29 is 33.6 Å². The summed E-state index contributed by atoms with van der Waals surface area (Å²) in [5, 5.41) is 14.2. The van der Waals surface area contributed by atoms with Crippen LogP contribution in [0, 0.1) is 22.6 Å². The van der Waals surface area contributed by atoms with E-state index in [2.05, 4.69) is 45.0 Å². The Hall–Kier alpha value is -1.83. The fraction of sp³-hybridized carbons (Fsp3) is 0.677. The molecule has 0 aromatic rings. The van der Waals surface area contributed by atoms with Gasteiger partial charge in [-0.3, -0.25) is 4.79 Å². The first-order valence-electron chi connectivity index (χ1n) is 14.3. The summed E-state index contributed by atoms with van der Waals surface area (Å²) in [5.74, 6) is 1.30. The number of methoxy groups -OCH3 is 2. The minimum Gasteiger partial charge on any atom is -0.501 e. The van der Waals surface area contributed by atoms with Crippen LogP contribution in [0.3, 0.4) is 0 Å². The van der Waals surface area contributed by atoms with E-state index in [4.69, 9.17) is 30.5 Å². The second-order valence-electron chi connectivity index (χ2n) is 10.8. The highest BCUT2D eigenvalue weighted by molar-refractivity contribution is 9.12. The first-order chi connectivity index (χ1) is 19.6. The molecule has 2 heterocycles. The summed E-state index contributed by atoms with van der Waals surface area (Å²) in [6.07, 6.45) is 11.3. The topological polar surface area (TPSA) is 103 Å². The Balaban J connectivity index is 1.78. The molecule has 8 nitrogen and oxygen atoms in total. The molecule has 0 radical (unpaired) electrons. The lowest BCUT2D eigenvalue weighted by Crippen LogP contribution is -2.59. The minimum atomic E-state index is -1.61. The predicted octanol–water partition coefficient (Wildman–Crippen LogP) is 5.87. The molecule has 2 aliphatic rings. The third-order valence-electron chi connectivity index (χ3n) is 7.70. The molecule has 0 bridgehead atoms. The van der Waals surface area contributed by atoms with E-state index in [9.17, 15) is 14.7 Å². The summed E-state index contributed by atoms with van der Waals surface area (Å²) in [7, 11) is 3.11. The molecule has 0 aliphatic carbocycles. The summed E-state index contributed by atoms with van der Waals surface area (Å²) >= 11 is 9.09. The Bertz CT molecular complexity index is 1000. The van der Waals surface area contributed by atoms with Crippen LogP contribution in [0.5, 0.6) is 0 Å². The van der Waals surface area contributed by atoms with Gasteiger partial charge in [-0.05, 0) is 42.9 Å². The monoisotopic (exact) mass is 657 g/mol. The van der Waals surface area contributed by atoms with Gasteiger partial charge in [-0.25, -0.2) is 4.79 Å². The minimum absolute atomic E-state index is 0.0636. The number of ether oxygens (including phenoxy) is 4. The third kappa shape index (κ3) is 12.5. The van der Waals surface area contributed by atoms with Gasteiger partial charge in [-0.2, -0.15) is 0 Å². The Labute approximate surface area is 258 Å². The molecule has 10 heteroatoms. The van der Waals surface area contributed by atoms with Crippen LogP contribution in [0.4, 0.5) is 0 Å². The summed E-state index contributed by atoms with van der Waals surface area (Å²) in [4.78, 5) is 27.2. The van der Waals surface area contributed by atoms with Gasteiger partial charge in [0, 0.05) is 66.6 Å². The lowest BCUT2D eigenvalue weighted by atomic mass is 9.85.